The van der Waals surface area contributed by atoms with Gasteiger partial charge in [0, 0.05) is 50.5 Å². The molecular weight excluding hydrogens is 280 g/mol. The zero-order chi connectivity index (χ0) is 15.1. The molecule has 0 radical (unpaired) electrons. The maximum Gasteiger partial charge on any atom is 0.317 e. The van der Waals surface area contributed by atoms with Gasteiger partial charge in [0.25, 0.3) is 0 Å². The number of likely N-dealkylation sites (tertiary alicyclic amines) is 2. The zero-order valence-electron chi connectivity index (χ0n) is 12.4. The van der Waals surface area contributed by atoms with Crippen molar-refractivity contribution < 1.29 is 9.59 Å². The van der Waals surface area contributed by atoms with E-state index in [1.54, 1.807) is 12.4 Å². The number of nitrogens with zero attached hydrogens (tertiary/aromatic N) is 3. The Morgan fingerprint density at radius 3 is 2.86 bits per heavy atom. The van der Waals surface area contributed by atoms with Crippen LogP contribution in [0.3, 0.4) is 0 Å². The number of pyridine rings is 1. The van der Waals surface area contributed by atoms with Gasteiger partial charge in [0.2, 0.25) is 5.91 Å². The Kier molecular flexibility index (Phi) is 3.24. The van der Waals surface area contributed by atoms with E-state index in [4.69, 9.17) is 0 Å². The van der Waals surface area contributed by atoms with Gasteiger partial charge < -0.3 is 15.1 Å². The van der Waals surface area contributed by atoms with Crippen LogP contribution in [0.4, 0.5) is 4.79 Å². The summed E-state index contributed by atoms with van der Waals surface area (Å²) in [5.74, 6) is 0.423. The molecule has 3 fully saturated rings. The van der Waals surface area contributed by atoms with Gasteiger partial charge in [-0.25, -0.2) is 4.79 Å². The third-order valence-corrected chi connectivity index (χ3v) is 4.81. The Hall–Kier alpha value is -2.11. The van der Waals surface area contributed by atoms with E-state index in [0.29, 0.717) is 25.7 Å². The van der Waals surface area contributed by atoms with Crippen LogP contribution >= 0.6 is 0 Å². The largest absolute Gasteiger partial charge is 0.338 e. The molecule has 1 aromatic heterocycles. The number of rotatable bonds is 3. The van der Waals surface area contributed by atoms with E-state index in [1.807, 2.05) is 21.9 Å². The summed E-state index contributed by atoms with van der Waals surface area (Å²) >= 11 is 0. The fourth-order valence-corrected chi connectivity index (χ4v) is 3.46. The Balaban J connectivity index is 1.36. The number of aromatic nitrogens is 1. The zero-order valence-corrected chi connectivity index (χ0v) is 12.4. The minimum Gasteiger partial charge on any atom is -0.338 e. The van der Waals surface area contributed by atoms with Crippen LogP contribution in [-0.2, 0) is 11.3 Å². The predicted molar refractivity (Wildman–Crippen MR) is 79.8 cm³/mol. The van der Waals surface area contributed by atoms with Gasteiger partial charge in [-0.05, 0) is 24.5 Å². The molecule has 3 heterocycles. The van der Waals surface area contributed by atoms with Crippen LogP contribution in [-0.4, -0.2) is 52.4 Å². The van der Waals surface area contributed by atoms with Crippen LogP contribution in [0.15, 0.2) is 24.5 Å². The lowest BCUT2D eigenvalue weighted by Crippen LogP contribution is -2.42. The summed E-state index contributed by atoms with van der Waals surface area (Å²) in [4.78, 5) is 32.4. The Bertz CT molecular complexity index is 587. The average molecular weight is 300 g/mol. The molecule has 0 spiro atoms. The Morgan fingerprint density at radius 2 is 2.18 bits per heavy atom. The first-order valence-electron chi connectivity index (χ1n) is 7.94. The highest BCUT2D eigenvalue weighted by Gasteiger charge is 2.47. The first kappa shape index (κ1) is 13.5. The minimum atomic E-state index is -0.0263. The third kappa shape index (κ3) is 2.53. The second-order valence-corrected chi connectivity index (χ2v) is 6.58. The lowest BCUT2D eigenvalue weighted by molar-refractivity contribution is -0.131. The van der Waals surface area contributed by atoms with Crippen molar-refractivity contribution in [1.82, 2.24) is 20.1 Å². The van der Waals surface area contributed by atoms with E-state index in [9.17, 15) is 9.59 Å². The van der Waals surface area contributed by atoms with Gasteiger partial charge in [-0.2, -0.15) is 0 Å². The van der Waals surface area contributed by atoms with Crippen LogP contribution in [0, 0.1) is 11.8 Å². The molecule has 1 aromatic rings. The number of carbonyl (C=O) groups excluding carboxylic acids is 2. The first-order chi connectivity index (χ1) is 10.7. The molecule has 2 aliphatic heterocycles. The van der Waals surface area contributed by atoms with Crippen LogP contribution in [0.5, 0.6) is 0 Å². The van der Waals surface area contributed by atoms with Crippen molar-refractivity contribution in [1.29, 1.82) is 0 Å². The van der Waals surface area contributed by atoms with Gasteiger partial charge in [-0.15, -0.1) is 0 Å². The van der Waals surface area contributed by atoms with Gasteiger partial charge in [0.15, 0.2) is 0 Å². The summed E-state index contributed by atoms with van der Waals surface area (Å²) in [5, 5.41) is 3.00. The molecule has 1 saturated carbocycles. The second-order valence-electron chi connectivity index (χ2n) is 6.58. The van der Waals surface area contributed by atoms with E-state index in [1.165, 1.54) is 0 Å². The van der Waals surface area contributed by atoms with Crippen molar-refractivity contribution in [3.05, 3.63) is 30.1 Å². The molecule has 116 valence electrons. The number of urea groups is 1. The molecule has 1 aliphatic carbocycles. The lowest BCUT2D eigenvalue weighted by atomic mass is 10.0. The molecule has 4 rings (SSSR count). The number of hydrogen-bond acceptors (Lipinski definition) is 3. The normalized spacial score (nSPS) is 27.2. The van der Waals surface area contributed by atoms with Crippen molar-refractivity contribution in [2.24, 2.45) is 11.8 Å². The van der Waals surface area contributed by atoms with E-state index < -0.39 is 0 Å². The summed E-state index contributed by atoms with van der Waals surface area (Å²) in [7, 11) is 0. The number of amides is 3. The van der Waals surface area contributed by atoms with E-state index in [0.717, 1.165) is 24.9 Å². The SMILES string of the molecule is O=C(NC1CC1)N1C[C@@H]2CN(Cc3cccnc3)C(=O)[C@@H]2C1. The number of nitrogens with one attached hydrogen (secondary N) is 1. The fourth-order valence-electron chi connectivity index (χ4n) is 3.46. The van der Waals surface area contributed by atoms with Crippen molar-refractivity contribution in [3.8, 4) is 0 Å². The highest BCUT2D eigenvalue weighted by Crippen LogP contribution is 2.33. The first-order valence-corrected chi connectivity index (χ1v) is 7.94. The topological polar surface area (TPSA) is 65.5 Å². The van der Waals surface area contributed by atoms with Gasteiger partial charge in [0.1, 0.15) is 0 Å². The maximum atomic E-state index is 12.5. The van der Waals surface area contributed by atoms with E-state index >= 15 is 0 Å². The summed E-state index contributed by atoms with van der Waals surface area (Å²) in [5.41, 5.74) is 1.05. The molecule has 6 nitrogen and oxygen atoms in total. The van der Waals surface area contributed by atoms with Crippen LogP contribution in [0.2, 0.25) is 0 Å². The fraction of sp³-hybridized carbons (Fsp3) is 0.562. The number of hydrogen-bond donors (Lipinski definition) is 1. The van der Waals surface area contributed by atoms with Gasteiger partial charge in [-0.1, -0.05) is 6.07 Å². The summed E-state index contributed by atoms with van der Waals surface area (Å²) in [6, 6.07) is 4.25. The van der Waals surface area contributed by atoms with Crippen molar-refractivity contribution in [2.45, 2.75) is 25.4 Å². The molecule has 2 atom stereocenters. The average Bonchev–Trinajstić information content (AvgIpc) is 3.16. The highest BCUT2D eigenvalue weighted by molar-refractivity contribution is 5.84. The second kappa shape index (κ2) is 5.26. The van der Waals surface area contributed by atoms with Crippen LogP contribution < -0.4 is 5.32 Å². The molecule has 2 saturated heterocycles. The molecule has 0 aromatic carbocycles. The maximum absolute atomic E-state index is 12.5. The van der Waals surface area contributed by atoms with Gasteiger partial charge in [-0.3, -0.25) is 9.78 Å². The number of carbonyl (C=O) groups is 2. The number of fused-ring (bicyclic) bond motifs is 1. The lowest BCUT2D eigenvalue weighted by Gasteiger charge is -2.22. The highest BCUT2D eigenvalue weighted by atomic mass is 16.2. The summed E-state index contributed by atoms with van der Waals surface area (Å²) in [6.45, 7) is 2.61. The Morgan fingerprint density at radius 1 is 1.32 bits per heavy atom. The molecule has 22 heavy (non-hydrogen) atoms. The molecular formula is C16H20N4O2. The molecule has 6 heteroatoms. The summed E-state index contributed by atoms with van der Waals surface area (Å²) < 4.78 is 0. The molecule has 1 N–H and O–H groups in total. The molecule has 3 amide bonds. The monoisotopic (exact) mass is 300 g/mol. The Labute approximate surface area is 129 Å². The minimum absolute atomic E-state index is 0.00325. The van der Waals surface area contributed by atoms with Crippen LogP contribution in [0.1, 0.15) is 18.4 Å². The predicted octanol–water partition coefficient (Wildman–Crippen LogP) is 0.844. The summed E-state index contributed by atoms with van der Waals surface area (Å²) in [6.07, 6.45) is 5.71. The van der Waals surface area contributed by atoms with Gasteiger partial charge >= 0.3 is 6.03 Å². The molecule has 3 aliphatic rings. The van der Waals surface area contributed by atoms with Crippen molar-refractivity contribution in [2.75, 3.05) is 19.6 Å². The smallest absolute Gasteiger partial charge is 0.317 e. The third-order valence-electron chi connectivity index (χ3n) is 4.81. The quantitative estimate of drug-likeness (QED) is 0.900. The van der Waals surface area contributed by atoms with Crippen molar-refractivity contribution in [3.63, 3.8) is 0 Å². The van der Waals surface area contributed by atoms with Crippen molar-refractivity contribution >= 4 is 11.9 Å². The molecule has 0 bridgehead atoms. The van der Waals surface area contributed by atoms with Gasteiger partial charge in [0.05, 0.1) is 5.92 Å². The van der Waals surface area contributed by atoms with E-state index in [2.05, 4.69) is 10.3 Å². The standard InChI is InChI=1S/C16H20N4O2/c21-15-14-10-20(16(22)18-13-3-4-13)9-12(14)8-19(15)7-11-2-1-5-17-6-11/h1-2,5-6,12-14H,3-4,7-10H2,(H,18,22)/t12-,14+/m0/s1. The van der Waals surface area contributed by atoms with E-state index in [-0.39, 0.29) is 23.8 Å². The molecule has 0 unspecified atom stereocenters. The van der Waals surface area contributed by atoms with Crippen LogP contribution in [0.25, 0.3) is 0 Å².